The van der Waals surface area contributed by atoms with Crippen LogP contribution in [0.3, 0.4) is 0 Å². The molecule has 0 bridgehead atoms. The second-order valence-electron chi connectivity index (χ2n) is 9.07. The zero-order chi connectivity index (χ0) is 22.4. The molecule has 2 amide bonds. The van der Waals surface area contributed by atoms with Crippen molar-refractivity contribution in [3.63, 3.8) is 0 Å². The lowest BCUT2D eigenvalue weighted by atomic mass is 10.0. The van der Waals surface area contributed by atoms with Crippen molar-refractivity contribution in [2.75, 3.05) is 24.6 Å². The Hall–Kier alpha value is -2.41. The molecule has 0 unspecified atom stereocenters. The second-order valence-corrected chi connectivity index (χ2v) is 9.07. The van der Waals surface area contributed by atoms with Gasteiger partial charge in [-0.1, -0.05) is 26.7 Å². The van der Waals surface area contributed by atoms with E-state index < -0.39 is 12.1 Å². The van der Waals surface area contributed by atoms with Gasteiger partial charge in [0, 0.05) is 24.3 Å². The summed E-state index contributed by atoms with van der Waals surface area (Å²) < 4.78 is 5.30. The molecule has 2 fully saturated rings. The van der Waals surface area contributed by atoms with Crippen LogP contribution in [0.4, 0.5) is 5.69 Å². The first-order valence-electron chi connectivity index (χ1n) is 11.5. The van der Waals surface area contributed by atoms with Crippen LogP contribution < -0.4 is 15.5 Å². The molecule has 2 heterocycles. The number of amides is 2. The fourth-order valence-electron chi connectivity index (χ4n) is 4.21. The molecule has 7 nitrogen and oxygen atoms in total. The van der Waals surface area contributed by atoms with Crippen molar-refractivity contribution in [3.05, 3.63) is 29.8 Å². The number of Topliss-reactive ketones (excluding diaryl/α,β-unsaturated/α-hetero) is 1. The van der Waals surface area contributed by atoms with E-state index in [-0.39, 0.29) is 36.2 Å². The van der Waals surface area contributed by atoms with Gasteiger partial charge in [0.05, 0.1) is 6.10 Å². The topological polar surface area (TPSA) is 87.7 Å². The third-order valence-corrected chi connectivity index (χ3v) is 6.03. The van der Waals surface area contributed by atoms with Crippen LogP contribution in [0.5, 0.6) is 0 Å². The van der Waals surface area contributed by atoms with Crippen LogP contribution in [0.2, 0.25) is 0 Å². The van der Waals surface area contributed by atoms with Crippen molar-refractivity contribution in [2.45, 2.75) is 71.1 Å². The fraction of sp³-hybridized carbons (Fsp3) is 0.625. The van der Waals surface area contributed by atoms with Crippen molar-refractivity contribution < 1.29 is 19.1 Å². The summed E-state index contributed by atoms with van der Waals surface area (Å²) in [7, 11) is 0. The molecule has 170 valence electrons. The van der Waals surface area contributed by atoms with Gasteiger partial charge in [-0.3, -0.25) is 14.4 Å². The second kappa shape index (κ2) is 10.8. The van der Waals surface area contributed by atoms with E-state index in [1.165, 1.54) is 25.7 Å². The zero-order valence-corrected chi connectivity index (χ0v) is 18.9. The number of carbonyl (C=O) groups is 3. The molecule has 2 aliphatic heterocycles. The summed E-state index contributed by atoms with van der Waals surface area (Å²) in [5, 5.41) is 5.62. The lowest BCUT2D eigenvalue weighted by Crippen LogP contribution is -2.53. The third kappa shape index (κ3) is 6.29. The normalized spacial score (nSPS) is 22.8. The largest absolute Gasteiger partial charge is 0.372 e. The lowest BCUT2D eigenvalue weighted by molar-refractivity contribution is -0.127. The highest BCUT2D eigenvalue weighted by molar-refractivity contribution is 5.99. The highest BCUT2D eigenvalue weighted by Crippen LogP contribution is 2.20. The predicted molar refractivity (Wildman–Crippen MR) is 120 cm³/mol. The van der Waals surface area contributed by atoms with Crippen molar-refractivity contribution in [1.82, 2.24) is 10.6 Å². The molecule has 0 aliphatic carbocycles. The molecule has 2 saturated heterocycles. The third-order valence-electron chi connectivity index (χ3n) is 6.03. The average molecular weight is 430 g/mol. The Labute approximate surface area is 184 Å². The van der Waals surface area contributed by atoms with Crippen LogP contribution in [0.15, 0.2) is 24.3 Å². The molecule has 7 heteroatoms. The SMILES string of the molecule is CC(C)C[C@H](NC(=O)c1ccc(N2CCCCCC2)cc1)C(=O)N[C@@H]1C(=O)CO[C@@H]1C. The molecule has 2 N–H and O–H groups in total. The molecule has 0 spiro atoms. The molecular weight excluding hydrogens is 394 g/mol. The number of ether oxygens (including phenoxy) is 1. The zero-order valence-electron chi connectivity index (χ0n) is 18.9. The number of nitrogens with zero attached hydrogens (tertiary/aromatic N) is 1. The first-order valence-corrected chi connectivity index (χ1v) is 11.5. The Balaban J connectivity index is 1.64. The van der Waals surface area contributed by atoms with E-state index in [4.69, 9.17) is 4.74 Å². The van der Waals surface area contributed by atoms with E-state index in [0.717, 1.165) is 18.8 Å². The lowest BCUT2D eigenvalue weighted by Gasteiger charge is -2.24. The molecule has 31 heavy (non-hydrogen) atoms. The van der Waals surface area contributed by atoms with Crippen LogP contribution in [0.25, 0.3) is 0 Å². The van der Waals surface area contributed by atoms with Crippen LogP contribution >= 0.6 is 0 Å². The summed E-state index contributed by atoms with van der Waals surface area (Å²) in [6.07, 6.45) is 5.06. The molecule has 3 rings (SSSR count). The molecule has 1 aromatic rings. The van der Waals surface area contributed by atoms with Gasteiger partial charge < -0.3 is 20.3 Å². The Morgan fingerprint density at radius 2 is 1.74 bits per heavy atom. The van der Waals surface area contributed by atoms with Crippen molar-refractivity contribution in [3.8, 4) is 0 Å². The Bertz CT molecular complexity index is 770. The average Bonchev–Trinajstić information content (AvgIpc) is 2.94. The summed E-state index contributed by atoms with van der Waals surface area (Å²) in [4.78, 5) is 40.0. The maximum atomic E-state index is 12.9. The number of hydrogen-bond acceptors (Lipinski definition) is 5. The van der Waals surface area contributed by atoms with Gasteiger partial charge in [0.25, 0.3) is 5.91 Å². The van der Waals surface area contributed by atoms with Crippen LogP contribution in [-0.2, 0) is 14.3 Å². The van der Waals surface area contributed by atoms with E-state index >= 15 is 0 Å². The summed E-state index contributed by atoms with van der Waals surface area (Å²) in [5.74, 6) is -0.571. The van der Waals surface area contributed by atoms with E-state index in [1.807, 2.05) is 38.1 Å². The van der Waals surface area contributed by atoms with Crippen LogP contribution in [0, 0.1) is 5.92 Å². The summed E-state index contributed by atoms with van der Waals surface area (Å²) in [5.41, 5.74) is 1.65. The van der Waals surface area contributed by atoms with Crippen molar-refractivity contribution in [2.24, 2.45) is 5.92 Å². The minimum Gasteiger partial charge on any atom is -0.372 e. The Morgan fingerprint density at radius 3 is 2.29 bits per heavy atom. The quantitative estimate of drug-likeness (QED) is 0.696. The van der Waals surface area contributed by atoms with E-state index in [0.29, 0.717) is 12.0 Å². The first kappa shape index (κ1) is 23.3. The van der Waals surface area contributed by atoms with Gasteiger partial charge in [0.1, 0.15) is 18.7 Å². The summed E-state index contributed by atoms with van der Waals surface area (Å²) in [6.45, 7) is 7.85. The van der Waals surface area contributed by atoms with Gasteiger partial charge >= 0.3 is 0 Å². The van der Waals surface area contributed by atoms with E-state index in [1.54, 1.807) is 6.92 Å². The number of benzene rings is 1. The maximum absolute atomic E-state index is 12.9. The first-order chi connectivity index (χ1) is 14.8. The molecular formula is C24H35N3O4. The molecule has 0 radical (unpaired) electrons. The van der Waals surface area contributed by atoms with E-state index in [2.05, 4.69) is 15.5 Å². The molecule has 1 aromatic carbocycles. The molecule has 0 saturated carbocycles. The highest BCUT2D eigenvalue weighted by Gasteiger charge is 2.35. The standard InChI is InChI=1S/C24H35N3O4/c1-16(2)14-20(24(30)26-22-17(3)31-15-21(22)28)25-23(29)18-8-10-19(11-9-18)27-12-6-4-5-7-13-27/h8-11,16-17,20,22H,4-7,12-15H2,1-3H3,(H,25,29)(H,26,30)/t17-,20+,22+/m1/s1. The molecule has 3 atom stereocenters. The van der Waals surface area contributed by atoms with Crippen LogP contribution in [0.1, 0.15) is 63.2 Å². The van der Waals surface area contributed by atoms with Crippen molar-refractivity contribution >= 4 is 23.3 Å². The van der Waals surface area contributed by atoms with Crippen molar-refractivity contribution in [1.29, 1.82) is 0 Å². The van der Waals surface area contributed by atoms with Gasteiger partial charge in [-0.15, -0.1) is 0 Å². The Kier molecular flexibility index (Phi) is 8.07. The summed E-state index contributed by atoms with van der Waals surface area (Å²) in [6, 6.07) is 6.22. The van der Waals surface area contributed by atoms with Gasteiger partial charge in [0.2, 0.25) is 5.91 Å². The van der Waals surface area contributed by atoms with E-state index in [9.17, 15) is 14.4 Å². The Morgan fingerprint density at radius 1 is 1.10 bits per heavy atom. The van der Waals surface area contributed by atoms with Gasteiger partial charge in [-0.2, -0.15) is 0 Å². The minimum atomic E-state index is -0.710. The maximum Gasteiger partial charge on any atom is 0.251 e. The number of nitrogens with one attached hydrogen (secondary N) is 2. The van der Waals surface area contributed by atoms with Crippen LogP contribution in [-0.4, -0.2) is 55.5 Å². The summed E-state index contributed by atoms with van der Waals surface area (Å²) >= 11 is 0. The van der Waals surface area contributed by atoms with Gasteiger partial charge in [-0.05, 0) is 56.4 Å². The number of anilines is 1. The fourth-order valence-corrected chi connectivity index (χ4v) is 4.21. The van der Waals surface area contributed by atoms with Gasteiger partial charge in [-0.25, -0.2) is 0 Å². The number of rotatable bonds is 7. The highest BCUT2D eigenvalue weighted by atomic mass is 16.5. The molecule has 2 aliphatic rings. The minimum absolute atomic E-state index is 0.0106. The predicted octanol–water partition coefficient (Wildman–Crippen LogP) is 2.68. The number of carbonyl (C=O) groups excluding carboxylic acids is 3. The number of ketones is 1. The number of hydrogen-bond donors (Lipinski definition) is 2. The smallest absolute Gasteiger partial charge is 0.251 e. The monoisotopic (exact) mass is 429 g/mol. The van der Waals surface area contributed by atoms with Gasteiger partial charge in [0.15, 0.2) is 5.78 Å². The molecule has 0 aromatic heterocycles.